The van der Waals surface area contributed by atoms with Gasteiger partial charge in [0.15, 0.2) is 0 Å². The lowest BCUT2D eigenvalue weighted by molar-refractivity contribution is 0.0303. The minimum Gasteiger partial charge on any atom is -0.388 e. The molecule has 0 aliphatic carbocycles. The molecular formula is C14H23NO2S2. The maximum atomic E-state index is 10.2. The zero-order valence-electron chi connectivity index (χ0n) is 11.5. The van der Waals surface area contributed by atoms with Crippen molar-refractivity contribution >= 4 is 23.1 Å². The van der Waals surface area contributed by atoms with Crippen molar-refractivity contribution in [2.24, 2.45) is 0 Å². The quantitative estimate of drug-likeness (QED) is 0.785. The Morgan fingerprint density at radius 1 is 1.42 bits per heavy atom. The summed E-state index contributed by atoms with van der Waals surface area (Å²) >= 11 is 3.62. The van der Waals surface area contributed by atoms with Crippen LogP contribution in [0.2, 0.25) is 0 Å². The van der Waals surface area contributed by atoms with Gasteiger partial charge in [-0.15, -0.1) is 23.1 Å². The highest BCUT2D eigenvalue weighted by molar-refractivity contribution is 8.01. The third-order valence-corrected chi connectivity index (χ3v) is 5.82. The number of hydrogen-bond acceptors (Lipinski definition) is 5. The van der Waals surface area contributed by atoms with Gasteiger partial charge < -0.3 is 9.84 Å². The van der Waals surface area contributed by atoms with Crippen LogP contribution in [0.5, 0.6) is 0 Å². The molecule has 1 unspecified atom stereocenters. The third kappa shape index (κ3) is 5.08. The molecule has 1 aliphatic heterocycles. The fourth-order valence-corrected chi connectivity index (χ4v) is 4.17. The van der Waals surface area contributed by atoms with E-state index in [1.54, 1.807) is 11.3 Å². The van der Waals surface area contributed by atoms with Crippen molar-refractivity contribution in [3.8, 4) is 0 Å². The lowest BCUT2D eigenvalue weighted by atomic mass is 10.2. The maximum Gasteiger partial charge on any atom is 0.0894 e. The lowest BCUT2D eigenvalue weighted by Gasteiger charge is -2.27. The molecule has 0 radical (unpaired) electrons. The number of ether oxygens (including phenoxy) is 1. The first-order valence-corrected chi connectivity index (χ1v) is 8.80. The zero-order chi connectivity index (χ0) is 13.5. The molecule has 1 atom stereocenters. The molecule has 5 heteroatoms. The summed E-state index contributed by atoms with van der Waals surface area (Å²) in [4.78, 5) is 3.47. The van der Waals surface area contributed by atoms with E-state index >= 15 is 0 Å². The Labute approximate surface area is 124 Å². The van der Waals surface area contributed by atoms with Gasteiger partial charge in [-0.05, 0) is 30.7 Å². The maximum absolute atomic E-state index is 10.2. The Balaban J connectivity index is 1.75. The molecule has 1 aromatic rings. The van der Waals surface area contributed by atoms with Gasteiger partial charge in [0.05, 0.1) is 23.5 Å². The van der Waals surface area contributed by atoms with Gasteiger partial charge >= 0.3 is 0 Å². The number of aliphatic hydroxyl groups is 1. The van der Waals surface area contributed by atoms with Gasteiger partial charge in [0.1, 0.15) is 0 Å². The van der Waals surface area contributed by atoms with Crippen LogP contribution in [0.1, 0.15) is 30.7 Å². The SMILES string of the molecule is CCCSc1ccc(C(O)CCN2CCOCC2)s1. The molecule has 1 aromatic heterocycles. The highest BCUT2D eigenvalue weighted by Crippen LogP contribution is 2.32. The molecule has 1 aliphatic rings. The summed E-state index contributed by atoms with van der Waals surface area (Å²) in [6, 6.07) is 4.21. The van der Waals surface area contributed by atoms with Crippen LogP contribution in [0.4, 0.5) is 0 Å². The Bertz CT molecular complexity index is 364. The number of hydrogen-bond donors (Lipinski definition) is 1. The Hall–Kier alpha value is -0.0700. The molecule has 1 N–H and O–H groups in total. The Kier molecular flexibility index (Phi) is 6.67. The van der Waals surface area contributed by atoms with E-state index in [4.69, 9.17) is 4.74 Å². The number of rotatable bonds is 7. The molecule has 108 valence electrons. The van der Waals surface area contributed by atoms with Gasteiger partial charge in [0, 0.05) is 24.5 Å². The molecule has 0 spiro atoms. The summed E-state index contributed by atoms with van der Waals surface area (Å²) in [5, 5.41) is 10.2. The van der Waals surface area contributed by atoms with Crippen LogP contribution in [0.15, 0.2) is 16.3 Å². The lowest BCUT2D eigenvalue weighted by Crippen LogP contribution is -2.37. The largest absolute Gasteiger partial charge is 0.388 e. The first kappa shape index (κ1) is 15.3. The van der Waals surface area contributed by atoms with Crippen molar-refractivity contribution in [1.29, 1.82) is 0 Å². The fraction of sp³-hybridized carbons (Fsp3) is 0.714. The van der Waals surface area contributed by atoms with E-state index in [2.05, 4.69) is 24.0 Å². The normalized spacial score (nSPS) is 18.6. The topological polar surface area (TPSA) is 32.7 Å². The second kappa shape index (κ2) is 8.27. The average Bonchev–Trinajstić information content (AvgIpc) is 2.92. The highest BCUT2D eigenvalue weighted by atomic mass is 32.2. The van der Waals surface area contributed by atoms with E-state index < -0.39 is 0 Å². The van der Waals surface area contributed by atoms with E-state index in [1.165, 1.54) is 10.6 Å². The fourth-order valence-electron chi connectivity index (χ4n) is 2.07. The number of morpholine rings is 1. The van der Waals surface area contributed by atoms with Crippen molar-refractivity contribution in [3.63, 3.8) is 0 Å². The van der Waals surface area contributed by atoms with Gasteiger partial charge in [0.25, 0.3) is 0 Å². The second-order valence-electron chi connectivity index (χ2n) is 4.76. The molecule has 0 aromatic carbocycles. The van der Waals surface area contributed by atoms with Gasteiger partial charge in [-0.2, -0.15) is 0 Å². The van der Waals surface area contributed by atoms with E-state index in [-0.39, 0.29) is 6.10 Å². The molecule has 0 saturated carbocycles. The van der Waals surface area contributed by atoms with Gasteiger partial charge in [-0.1, -0.05) is 6.92 Å². The average molecular weight is 301 g/mol. The predicted octanol–water partition coefficient (Wildman–Crippen LogP) is 3.01. The summed E-state index contributed by atoms with van der Waals surface area (Å²) in [6.07, 6.45) is 1.69. The van der Waals surface area contributed by atoms with E-state index in [0.29, 0.717) is 0 Å². The molecule has 19 heavy (non-hydrogen) atoms. The van der Waals surface area contributed by atoms with Crippen molar-refractivity contribution in [1.82, 2.24) is 4.90 Å². The highest BCUT2D eigenvalue weighted by Gasteiger charge is 2.15. The molecule has 2 heterocycles. The summed E-state index contributed by atoms with van der Waals surface area (Å²) in [6.45, 7) is 6.79. The number of thiophene rings is 1. The van der Waals surface area contributed by atoms with Crippen molar-refractivity contribution in [2.75, 3.05) is 38.6 Å². The minimum absolute atomic E-state index is 0.316. The molecule has 2 rings (SSSR count). The summed E-state index contributed by atoms with van der Waals surface area (Å²) in [5.41, 5.74) is 0. The van der Waals surface area contributed by atoms with E-state index in [9.17, 15) is 5.11 Å². The second-order valence-corrected chi connectivity index (χ2v) is 7.27. The third-order valence-electron chi connectivity index (χ3n) is 3.20. The van der Waals surface area contributed by atoms with Crippen LogP contribution in [-0.2, 0) is 4.74 Å². The summed E-state index contributed by atoms with van der Waals surface area (Å²) in [5.74, 6) is 1.16. The van der Waals surface area contributed by atoms with E-state index in [0.717, 1.165) is 49.9 Å². The molecular weight excluding hydrogens is 278 g/mol. The molecule has 0 bridgehead atoms. The van der Waals surface area contributed by atoms with Crippen molar-refractivity contribution in [3.05, 3.63) is 17.0 Å². The monoisotopic (exact) mass is 301 g/mol. The van der Waals surface area contributed by atoms with E-state index in [1.807, 2.05) is 11.8 Å². The van der Waals surface area contributed by atoms with Crippen LogP contribution in [-0.4, -0.2) is 48.6 Å². The number of aliphatic hydroxyl groups excluding tert-OH is 1. The van der Waals surface area contributed by atoms with Gasteiger partial charge in [0.2, 0.25) is 0 Å². The number of nitrogens with zero attached hydrogens (tertiary/aromatic N) is 1. The van der Waals surface area contributed by atoms with Crippen LogP contribution < -0.4 is 0 Å². The van der Waals surface area contributed by atoms with Crippen LogP contribution >= 0.6 is 23.1 Å². The summed E-state index contributed by atoms with van der Waals surface area (Å²) in [7, 11) is 0. The minimum atomic E-state index is -0.316. The van der Waals surface area contributed by atoms with Crippen molar-refractivity contribution < 1.29 is 9.84 Å². The molecule has 3 nitrogen and oxygen atoms in total. The smallest absolute Gasteiger partial charge is 0.0894 e. The van der Waals surface area contributed by atoms with Gasteiger partial charge in [-0.3, -0.25) is 4.90 Å². The Morgan fingerprint density at radius 3 is 2.95 bits per heavy atom. The summed E-state index contributed by atoms with van der Waals surface area (Å²) < 4.78 is 6.65. The van der Waals surface area contributed by atoms with Crippen molar-refractivity contribution in [2.45, 2.75) is 30.1 Å². The van der Waals surface area contributed by atoms with Crippen LogP contribution in [0.3, 0.4) is 0 Å². The zero-order valence-corrected chi connectivity index (χ0v) is 13.1. The molecule has 0 amide bonds. The first-order chi connectivity index (χ1) is 9.29. The van der Waals surface area contributed by atoms with Crippen LogP contribution in [0.25, 0.3) is 0 Å². The molecule has 1 fully saturated rings. The first-order valence-electron chi connectivity index (χ1n) is 7.00. The Morgan fingerprint density at radius 2 is 2.21 bits per heavy atom. The molecule has 1 saturated heterocycles. The standard InChI is InChI=1S/C14H23NO2S2/c1-2-11-18-14-4-3-13(19-14)12(16)5-6-15-7-9-17-10-8-15/h3-4,12,16H,2,5-11H2,1H3. The van der Waals surface area contributed by atoms with Gasteiger partial charge in [-0.25, -0.2) is 0 Å². The number of thioether (sulfide) groups is 1. The predicted molar refractivity (Wildman–Crippen MR) is 82.2 cm³/mol. The van der Waals surface area contributed by atoms with Crippen LogP contribution in [0, 0.1) is 0 Å².